The third kappa shape index (κ3) is 8.33. The minimum Gasteiger partial charge on any atom is -0.439 e. The van der Waals surface area contributed by atoms with Crippen LogP contribution in [0.4, 0.5) is 4.79 Å². The monoisotopic (exact) mass is 391 g/mol. The highest BCUT2D eigenvalue weighted by atomic mass is 35.5. The van der Waals surface area contributed by atoms with E-state index in [1.54, 1.807) is 0 Å². The van der Waals surface area contributed by atoms with E-state index in [0.29, 0.717) is 0 Å². The van der Waals surface area contributed by atoms with Crippen molar-refractivity contribution < 1.29 is 14.3 Å². The molecule has 2 N–H and O–H groups in total. The van der Waals surface area contributed by atoms with Crippen LogP contribution in [0.3, 0.4) is 0 Å². The van der Waals surface area contributed by atoms with Crippen LogP contribution in [-0.2, 0) is 9.53 Å². The van der Waals surface area contributed by atoms with Crippen molar-refractivity contribution in [2.75, 3.05) is 33.3 Å². The number of nitrogens with zero attached hydrogens (tertiary/aromatic N) is 1. The van der Waals surface area contributed by atoms with E-state index in [0.717, 1.165) is 55.9 Å². The molecule has 1 aliphatic rings. The maximum atomic E-state index is 11.6. The van der Waals surface area contributed by atoms with Gasteiger partial charge in [0.25, 0.3) is 5.91 Å². The normalized spacial score (nSPS) is 14.7. The molecule has 0 aromatic heterocycles. The van der Waals surface area contributed by atoms with Gasteiger partial charge in [0.15, 0.2) is 6.61 Å². The molecule has 6 nitrogen and oxygen atoms in total. The molecule has 0 aliphatic carbocycles. The largest absolute Gasteiger partial charge is 0.439 e. The molecule has 0 unspecified atom stereocenters. The first-order valence-electron chi connectivity index (χ1n) is 9.17. The van der Waals surface area contributed by atoms with Crippen LogP contribution in [0.15, 0.2) is 24.3 Å². The van der Waals surface area contributed by atoms with Crippen LogP contribution in [0.5, 0.6) is 0 Å². The van der Waals surface area contributed by atoms with Crippen LogP contribution < -0.4 is 10.6 Å². The summed E-state index contributed by atoms with van der Waals surface area (Å²) < 4.78 is 4.86. The molecule has 1 aromatic rings. The van der Waals surface area contributed by atoms with Gasteiger partial charge in [-0.2, -0.15) is 0 Å². The molecule has 0 bridgehead atoms. The molecule has 1 saturated heterocycles. The van der Waals surface area contributed by atoms with Crippen molar-refractivity contribution >= 4 is 23.6 Å². The minimum atomic E-state index is -0.533. The molecule has 0 radical (unpaired) electrons. The molecule has 27 heavy (non-hydrogen) atoms. The number of amides is 2. The van der Waals surface area contributed by atoms with Crippen LogP contribution in [0.25, 0.3) is 0 Å². The molecule has 2 rings (SSSR count). The van der Waals surface area contributed by atoms with Crippen LogP contribution >= 0.6 is 11.6 Å². The number of likely N-dealkylation sites (N-methyl/N-ethyl adjacent to an activating group) is 1. The molecule has 0 saturated carbocycles. The van der Waals surface area contributed by atoms with Crippen molar-refractivity contribution in [1.82, 2.24) is 15.5 Å². The SMILES string of the molecule is CNC(=O)COC(=O)NC1CCN(CCCC#Cc2ccc(Cl)cc2)CC1. The third-order valence-electron chi connectivity index (χ3n) is 4.38. The number of alkyl carbamates (subject to hydrolysis) is 1. The average Bonchev–Trinajstić information content (AvgIpc) is 2.68. The summed E-state index contributed by atoms with van der Waals surface area (Å²) in [7, 11) is 1.50. The Bertz CT molecular complexity index is 674. The molecule has 146 valence electrons. The summed E-state index contributed by atoms with van der Waals surface area (Å²) in [6.07, 6.45) is 3.10. The van der Waals surface area contributed by atoms with Gasteiger partial charge in [0.05, 0.1) is 0 Å². The number of piperidine rings is 1. The van der Waals surface area contributed by atoms with Gasteiger partial charge in [0.2, 0.25) is 0 Å². The first-order valence-corrected chi connectivity index (χ1v) is 9.55. The number of carbonyl (C=O) groups is 2. The van der Waals surface area contributed by atoms with E-state index >= 15 is 0 Å². The number of nitrogens with one attached hydrogen (secondary N) is 2. The van der Waals surface area contributed by atoms with Crippen LogP contribution in [-0.4, -0.2) is 56.2 Å². The lowest BCUT2D eigenvalue weighted by Crippen LogP contribution is -2.45. The summed E-state index contributed by atoms with van der Waals surface area (Å²) in [6, 6.07) is 7.64. The molecule has 2 amide bonds. The molecule has 7 heteroatoms. The Hall–Kier alpha value is -2.23. The van der Waals surface area contributed by atoms with Crippen molar-refractivity contribution in [1.29, 1.82) is 0 Å². The van der Waals surface area contributed by atoms with Gasteiger partial charge in [-0.25, -0.2) is 4.79 Å². The smallest absolute Gasteiger partial charge is 0.407 e. The molecule has 1 aliphatic heterocycles. The second kappa shape index (κ2) is 11.5. The van der Waals surface area contributed by atoms with E-state index in [4.69, 9.17) is 16.3 Å². The number of unbranched alkanes of at least 4 members (excludes halogenated alkanes) is 1. The third-order valence-corrected chi connectivity index (χ3v) is 4.63. The van der Waals surface area contributed by atoms with Crippen molar-refractivity contribution in [3.05, 3.63) is 34.9 Å². The maximum Gasteiger partial charge on any atom is 0.407 e. The summed E-state index contributed by atoms with van der Waals surface area (Å²) >= 11 is 5.85. The zero-order chi connectivity index (χ0) is 19.5. The Morgan fingerprint density at radius 3 is 2.63 bits per heavy atom. The highest BCUT2D eigenvalue weighted by molar-refractivity contribution is 6.30. The topological polar surface area (TPSA) is 70.7 Å². The molecule has 0 atom stereocenters. The molecule has 0 spiro atoms. The average molecular weight is 392 g/mol. The molecule has 1 heterocycles. The number of benzene rings is 1. The highest BCUT2D eigenvalue weighted by Gasteiger charge is 2.20. The van der Waals surface area contributed by atoms with Crippen LogP contribution in [0.2, 0.25) is 5.02 Å². The molecule has 1 aromatic carbocycles. The number of likely N-dealkylation sites (tertiary alicyclic amines) is 1. The molecular formula is C20H26ClN3O3. The Morgan fingerprint density at radius 2 is 1.96 bits per heavy atom. The lowest BCUT2D eigenvalue weighted by atomic mass is 10.0. The molecular weight excluding hydrogens is 366 g/mol. The summed E-state index contributed by atoms with van der Waals surface area (Å²) in [6.45, 7) is 2.62. The first kappa shape index (κ1) is 21.1. The van der Waals surface area contributed by atoms with Crippen molar-refractivity contribution in [2.45, 2.75) is 31.7 Å². The highest BCUT2D eigenvalue weighted by Crippen LogP contribution is 2.11. The standard InChI is InChI=1S/C20H26ClN3O3/c1-22-19(25)15-27-20(26)23-18-10-13-24(14-11-18)12-4-2-3-5-16-6-8-17(21)9-7-16/h6-9,18H,2,4,10-15H2,1H3,(H,22,25)(H,23,26). The number of rotatable bonds is 6. The zero-order valence-corrected chi connectivity index (χ0v) is 16.3. The quantitative estimate of drug-likeness (QED) is 0.577. The summed E-state index contributed by atoms with van der Waals surface area (Å²) in [4.78, 5) is 25.1. The van der Waals surface area contributed by atoms with E-state index in [1.165, 1.54) is 7.05 Å². The Kier molecular flexibility index (Phi) is 8.96. The fourth-order valence-corrected chi connectivity index (χ4v) is 2.93. The first-order chi connectivity index (χ1) is 13.1. The van der Waals surface area contributed by atoms with Gasteiger partial charge in [-0.1, -0.05) is 23.4 Å². The molecule has 1 fully saturated rings. The van der Waals surface area contributed by atoms with Gasteiger partial charge in [-0.05, 0) is 50.1 Å². The van der Waals surface area contributed by atoms with E-state index < -0.39 is 6.09 Å². The van der Waals surface area contributed by atoms with E-state index in [1.807, 2.05) is 24.3 Å². The predicted octanol–water partition coefficient (Wildman–Crippen LogP) is 2.41. The number of ether oxygens (including phenoxy) is 1. The van der Waals surface area contributed by atoms with Gasteiger partial charge in [-0.3, -0.25) is 4.79 Å². The van der Waals surface area contributed by atoms with E-state index in [-0.39, 0.29) is 18.6 Å². The Morgan fingerprint density at radius 1 is 1.26 bits per heavy atom. The second-order valence-electron chi connectivity index (χ2n) is 6.42. The Balaban J connectivity index is 1.57. The summed E-state index contributed by atoms with van der Waals surface area (Å²) in [5.74, 6) is 6.02. The lowest BCUT2D eigenvalue weighted by molar-refractivity contribution is -0.123. The number of halogens is 1. The van der Waals surface area contributed by atoms with Gasteiger partial charge < -0.3 is 20.3 Å². The summed E-state index contributed by atoms with van der Waals surface area (Å²) in [5, 5.41) is 5.94. The van der Waals surface area contributed by atoms with Crippen LogP contribution in [0.1, 0.15) is 31.2 Å². The van der Waals surface area contributed by atoms with E-state index in [2.05, 4.69) is 27.4 Å². The zero-order valence-electron chi connectivity index (χ0n) is 15.6. The van der Waals surface area contributed by atoms with Gasteiger partial charge in [0, 0.05) is 43.2 Å². The van der Waals surface area contributed by atoms with Gasteiger partial charge in [-0.15, -0.1) is 0 Å². The van der Waals surface area contributed by atoms with Gasteiger partial charge in [0.1, 0.15) is 0 Å². The number of hydrogen-bond donors (Lipinski definition) is 2. The van der Waals surface area contributed by atoms with E-state index in [9.17, 15) is 9.59 Å². The number of carbonyl (C=O) groups excluding carboxylic acids is 2. The van der Waals surface area contributed by atoms with Crippen molar-refractivity contribution in [2.24, 2.45) is 0 Å². The van der Waals surface area contributed by atoms with Crippen LogP contribution in [0, 0.1) is 11.8 Å². The minimum absolute atomic E-state index is 0.100. The number of hydrogen-bond acceptors (Lipinski definition) is 4. The Labute approximate surface area is 165 Å². The fourth-order valence-electron chi connectivity index (χ4n) is 2.80. The predicted molar refractivity (Wildman–Crippen MR) is 106 cm³/mol. The fraction of sp³-hybridized carbons (Fsp3) is 0.500. The second-order valence-corrected chi connectivity index (χ2v) is 6.86. The van der Waals surface area contributed by atoms with Crippen molar-refractivity contribution in [3.8, 4) is 11.8 Å². The lowest BCUT2D eigenvalue weighted by Gasteiger charge is -2.31. The maximum absolute atomic E-state index is 11.6. The van der Waals surface area contributed by atoms with Gasteiger partial charge >= 0.3 is 6.09 Å². The van der Waals surface area contributed by atoms with Crippen molar-refractivity contribution in [3.63, 3.8) is 0 Å². The summed E-state index contributed by atoms with van der Waals surface area (Å²) in [5.41, 5.74) is 0.981.